The third-order valence-electron chi connectivity index (χ3n) is 6.28. The van der Waals surface area contributed by atoms with Gasteiger partial charge in [0.1, 0.15) is 5.78 Å². The van der Waals surface area contributed by atoms with Crippen LogP contribution in [-0.4, -0.2) is 64.9 Å². The summed E-state index contributed by atoms with van der Waals surface area (Å²) in [7, 11) is 0. The monoisotopic (exact) mass is 336 g/mol. The van der Waals surface area contributed by atoms with Gasteiger partial charge in [0.2, 0.25) is 0 Å². The molecule has 24 heavy (non-hydrogen) atoms. The maximum Gasteiger partial charge on any atom is 0.303 e. The zero-order valence-electron chi connectivity index (χ0n) is 15.0. The summed E-state index contributed by atoms with van der Waals surface area (Å²) in [4.78, 5) is 26.2. The lowest BCUT2D eigenvalue weighted by molar-refractivity contribution is -0.139. The quantitative estimate of drug-likeness (QED) is 0.807. The number of hydrogen-bond acceptors (Lipinski definition) is 4. The molecule has 2 saturated carbocycles. The van der Waals surface area contributed by atoms with E-state index in [1.807, 2.05) is 0 Å². The van der Waals surface area contributed by atoms with Crippen molar-refractivity contribution < 1.29 is 14.7 Å². The van der Waals surface area contributed by atoms with Gasteiger partial charge in [0.25, 0.3) is 0 Å². The SMILES string of the molecule is CC(=O)CC1CC(N2CCC2)C1.O=C(O)CC1CC(N2CCC2)C1. The van der Waals surface area contributed by atoms with Crippen LogP contribution in [0.4, 0.5) is 0 Å². The molecule has 4 rings (SSSR count). The van der Waals surface area contributed by atoms with Crippen molar-refractivity contribution in [1.82, 2.24) is 9.80 Å². The minimum absolute atomic E-state index is 0.363. The third kappa shape index (κ3) is 4.57. The molecule has 0 aromatic heterocycles. The highest BCUT2D eigenvalue weighted by atomic mass is 16.4. The zero-order valence-corrected chi connectivity index (χ0v) is 15.0. The van der Waals surface area contributed by atoms with Crippen LogP contribution in [0.3, 0.4) is 0 Å². The Morgan fingerprint density at radius 3 is 1.54 bits per heavy atom. The number of aliphatic carboxylic acids is 1. The van der Waals surface area contributed by atoms with Crippen molar-refractivity contribution in [3.8, 4) is 0 Å². The lowest BCUT2D eigenvalue weighted by Crippen LogP contribution is -2.51. The lowest BCUT2D eigenvalue weighted by Gasteiger charge is -2.47. The van der Waals surface area contributed by atoms with Crippen LogP contribution in [0.25, 0.3) is 0 Å². The fraction of sp³-hybridized carbons (Fsp3) is 0.895. The molecule has 2 aliphatic heterocycles. The van der Waals surface area contributed by atoms with Crippen molar-refractivity contribution in [2.45, 2.75) is 70.4 Å². The maximum absolute atomic E-state index is 10.8. The molecule has 0 radical (unpaired) electrons. The first-order valence-electron chi connectivity index (χ1n) is 9.70. The molecular weight excluding hydrogens is 304 g/mol. The predicted octanol–water partition coefficient (Wildman–Crippen LogP) is 2.40. The van der Waals surface area contributed by atoms with Gasteiger partial charge < -0.3 is 19.7 Å². The normalized spacial score (nSPS) is 35.4. The highest BCUT2D eigenvalue weighted by Gasteiger charge is 2.37. The summed E-state index contributed by atoms with van der Waals surface area (Å²) in [6, 6.07) is 1.56. The number of carbonyl (C=O) groups is 2. The molecule has 5 nitrogen and oxygen atoms in total. The highest BCUT2D eigenvalue weighted by Crippen LogP contribution is 2.36. The molecule has 2 saturated heterocycles. The summed E-state index contributed by atoms with van der Waals surface area (Å²) in [6.45, 7) is 6.79. The molecule has 2 heterocycles. The van der Waals surface area contributed by atoms with E-state index in [0.717, 1.165) is 31.3 Å². The van der Waals surface area contributed by atoms with Gasteiger partial charge >= 0.3 is 5.97 Å². The minimum atomic E-state index is -0.637. The predicted molar refractivity (Wildman–Crippen MR) is 93.0 cm³/mol. The second-order valence-electron chi connectivity index (χ2n) is 8.27. The molecule has 4 aliphatic rings. The summed E-state index contributed by atoms with van der Waals surface area (Å²) in [6.07, 6.45) is 8.71. The molecular formula is C19H32N2O3. The Morgan fingerprint density at radius 1 is 0.833 bits per heavy atom. The van der Waals surface area contributed by atoms with Crippen LogP contribution in [0.5, 0.6) is 0 Å². The molecule has 0 aromatic carbocycles. The molecule has 0 bridgehead atoms. The number of Topliss-reactive ketones (excluding diaryl/α,β-unsaturated/α-hetero) is 1. The summed E-state index contributed by atoms with van der Waals surface area (Å²) >= 11 is 0. The van der Waals surface area contributed by atoms with E-state index in [9.17, 15) is 9.59 Å². The van der Waals surface area contributed by atoms with E-state index >= 15 is 0 Å². The van der Waals surface area contributed by atoms with E-state index in [1.54, 1.807) is 6.92 Å². The van der Waals surface area contributed by atoms with Crippen LogP contribution in [0.2, 0.25) is 0 Å². The van der Waals surface area contributed by atoms with Crippen molar-refractivity contribution in [1.29, 1.82) is 0 Å². The number of rotatable bonds is 6. The number of likely N-dealkylation sites (tertiary alicyclic amines) is 2. The molecule has 0 aromatic rings. The zero-order chi connectivity index (χ0) is 17.1. The van der Waals surface area contributed by atoms with E-state index in [2.05, 4.69) is 9.80 Å². The van der Waals surface area contributed by atoms with Crippen LogP contribution >= 0.6 is 0 Å². The Bertz CT molecular complexity index is 406. The van der Waals surface area contributed by atoms with Gasteiger partial charge in [-0.05, 0) is 83.5 Å². The van der Waals surface area contributed by atoms with E-state index < -0.39 is 5.97 Å². The van der Waals surface area contributed by atoms with Gasteiger partial charge in [-0.15, -0.1) is 0 Å². The lowest BCUT2D eigenvalue weighted by atomic mass is 9.76. The minimum Gasteiger partial charge on any atom is -0.481 e. The fourth-order valence-corrected chi connectivity index (χ4v) is 4.40. The third-order valence-corrected chi connectivity index (χ3v) is 6.28. The Balaban J connectivity index is 0.000000141. The summed E-state index contributed by atoms with van der Waals surface area (Å²) in [5.41, 5.74) is 0. The van der Waals surface area contributed by atoms with Gasteiger partial charge in [0, 0.05) is 24.9 Å². The molecule has 0 atom stereocenters. The fourth-order valence-electron chi connectivity index (χ4n) is 4.40. The standard InChI is InChI=1S/C10H17NO.C9H15NO2/c1-8(12)5-9-6-10(7-9)11-3-2-4-11;11-9(12)6-7-4-8(5-7)10-2-1-3-10/h9-10H,2-7H2,1H3;7-8H,1-6H2,(H,11,12). The van der Waals surface area contributed by atoms with Crippen molar-refractivity contribution >= 4 is 11.8 Å². The molecule has 1 N–H and O–H groups in total. The van der Waals surface area contributed by atoms with E-state index in [4.69, 9.17) is 5.11 Å². The number of carbonyl (C=O) groups excluding carboxylic acids is 1. The Morgan fingerprint density at radius 2 is 1.25 bits per heavy atom. The van der Waals surface area contributed by atoms with Gasteiger partial charge in [0.05, 0.1) is 0 Å². The van der Waals surface area contributed by atoms with E-state index in [-0.39, 0.29) is 0 Å². The van der Waals surface area contributed by atoms with Gasteiger partial charge in [0.15, 0.2) is 0 Å². The topological polar surface area (TPSA) is 60.9 Å². The molecule has 0 spiro atoms. The van der Waals surface area contributed by atoms with Gasteiger partial charge in [-0.2, -0.15) is 0 Å². The molecule has 2 aliphatic carbocycles. The average molecular weight is 336 g/mol. The van der Waals surface area contributed by atoms with Crippen LogP contribution < -0.4 is 0 Å². The second-order valence-corrected chi connectivity index (χ2v) is 8.27. The van der Waals surface area contributed by atoms with Gasteiger partial charge in [-0.25, -0.2) is 0 Å². The summed E-state index contributed by atoms with van der Waals surface area (Å²) in [5, 5.41) is 8.53. The molecule has 4 fully saturated rings. The van der Waals surface area contributed by atoms with Gasteiger partial charge in [-0.1, -0.05) is 0 Å². The number of nitrogens with zero attached hydrogens (tertiary/aromatic N) is 2. The molecule has 0 amide bonds. The molecule has 136 valence electrons. The highest BCUT2D eigenvalue weighted by molar-refractivity contribution is 5.75. The molecule has 5 heteroatoms. The first-order chi connectivity index (χ1) is 11.5. The first kappa shape index (κ1) is 17.9. The molecule has 0 unspecified atom stereocenters. The van der Waals surface area contributed by atoms with Crippen molar-refractivity contribution in [3.63, 3.8) is 0 Å². The Kier molecular flexibility index (Phi) is 5.93. The average Bonchev–Trinajstić information content (AvgIpc) is 2.29. The number of carboxylic acid groups (broad SMARTS) is 1. The van der Waals surface area contributed by atoms with Gasteiger partial charge in [-0.3, -0.25) is 4.79 Å². The number of ketones is 1. The largest absolute Gasteiger partial charge is 0.481 e. The number of hydrogen-bond donors (Lipinski definition) is 1. The summed E-state index contributed by atoms with van der Waals surface area (Å²) < 4.78 is 0. The van der Waals surface area contributed by atoms with E-state index in [1.165, 1.54) is 51.9 Å². The Hall–Kier alpha value is -0.940. The van der Waals surface area contributed by atoms with Crippen molar-refractivity contribution in [2.75, 3.05) is 26.2 Å². The van der Waals surface area contributed by atoms with Crippen molar-refractivity contribution in [2.24, 2.45) is 11.8 Å². The maximum atomic E-state index is 10.8. The van der Waals surface area contributed by atoms with Crippen LogP contribution in [0.1, 0.15) is 58.3 Å². The van der Waals surface area contributed by atoms with Crippen LogP contribution in [0.15, 0.2) is 0 Å². The second kappa shape index (κ2) is 7.96. The Labute approximate surface area is 145 Å². The number of carboxylic acids is 1. The van der Waals surface area contributed by atoms with Crippen LogP contribution in [-0.2, 0) is 9.59 Å². The van der Waals surface area contributed by atoms with E-state index in [0.29, 0.717) is 24.0 Å². The summed E-state index contributed by atoms with van der Waals surface area (Å²) in [5.74, 6) is 0.908. The van der Waals surface area contributed by atoms with Crippen molar-refractivity contribution in [3.05, 3.63) is 0 Å². The van der Waals surface area contributed by atoms with Crippen LogP contribution in [0, 0.1) is 11.8 Å². The first-order valence-corrected chi connectivity index (χ1v) is 9.70. The smallest absolute Gasteiger partial charge is 0.303 e.